The van der Waals surface area contributed by atoms with Crippen LogP contribution in [-0.2, 0) is 10.0 Å². The average Bonchev–Trinajstić information content (AvgIpc) is 2.30. The van der Waals surface area contributed by atoms with Crippen molar-refractivity contribution < 1.29 is 13.5 Å². The van der Waals surface area contributed by atoms with Gasteiger partial charge in [-0.15, -0.1) is 0 Å². The molecular weight excluding hydrogens is 354 g/mol. The third-order valence-electron chi connectivity index (χ3n) is 2.73. The second-order valence-electron chi connectivity index (χ2n) is 5.04. The van der Waals surface area contributed by atoms with E-state index in [1.54, 1.807) is 0 Å². The van der Waals surface area contributed by atoms with Crippen LogP contribution in [-0.4, -0.2) is 26.7 Å². The second kappa shape index (κ2) is 6.54. The number of hydrogen-bond donors (Lipinski definition) is 2. The van der Waals surface area contributed by atoms with E-state index in [1.165, 1.54) is 18.2 Å². The predicted octanol–water partition coefficient (Wildman–Crippen LogP) is 2.79. The van der Waals surface area contributed by atoms with Gasteiger partial charge >= 0.3 is 0 Å². The highest BCUT2D eigenvalue weighted by atomic mass is 79.9. The van der Waals surface area contributed by atoms with Gasteiger partial charge < -0.3 is 5.11 Å². The normalized spacial score (nSPS) is 12.7. The smallest absolute Gasteiger partial charge is 0.240 e. The number of benzene rings is 1. The predicted molar refractivity (Wildman–Crippen MR) is 79.8 cm³/mol. The fraction of sp³-hybridized carbons (Fsp3) is 0.500. The zero-order chi connectivity index (χ0) is 14.7. The van der Waals surface area contributed by atoms with Gasteiger partial charge in [0.1, 0.15) is 0 Å². The molecule has 0 aliphatic carbocycles. The summed E-state index contributed by atoms with van der Waals surface area (Å²) in [6.45, 7) is 4.07. The van der Waals surface area contributed by atoms with Crippen LogP contribution in [0.5, 0.6) is 0 Å². The number of aliphatic hydroxyl groups is 1. The summed E-state index contributed by atoms with van der Waals surface area (Å²) in [6.07, 6.45) is 0.528. The zero-order valence-corrected chi connectivity index (χ0v) is 13.9. The van der Waals surface area contributed by atoms with E-state index in [9.17, 15) is 8.42 Å². The molecule has 0 fully saturated rings. The molecule has 0 amide bonds. The molecule has 7 heteroatoms. The topological polar surface area (TPSA) is 66.4 Å². The molecule has 0 saturated carbocycles. The van der Waals surface area contributed by atoms with E-state index in [1.807, 2.05) is 13.8 Å². The highest BCUT2D eigenvalue weighted by Crippen LogP contribution is 2.26. The summed E-state index contributed by atoms with van der Waals surface area (Å²) in [4.78, 5) is 0.156. The third kappa shape index (κ3) is 5.04. The molecule has 0 bridgehead atoms. The van der Waals surface area contributed by atoms with E-state index in [4.69, 9.17) is 16.7 Å². The lowest BCUT2D eigenvalue weighted by Gasteiger charge is -2.23. The SMILES string of the molecule is CC(C)(CCO)CNS(=O)(=O)c1ccc(Cl)c(Br)c1. The molecule has 1 aromatic rings. The van der Waals surface area contributed by atoms with Crippen molar-refractivity contribution in [3.05, 3.63) is 27.7 Å². The highest BCUT2D eigenvalue weighted by molar-refractivity contribution is 9.10. The largest absolute Gasteiger partial charge is 0.396 e. The molecule has 0 saturated heterocycles. The number of rotatable bonds is 6. The minimum Gasteiger partial charge on any atom is -0.396 e. The van der Waals surface area contributed by atoms with Gasteiger partial charge in [-0.05, 0) is 46.0 Å². The Morgan fingerprint density at radius 3 is 2.58 bits per heavy atom. The van der Waals surface area contributed by atoms with Gasteiger partial charge in [-0.1, -0.05) is 25.4 Å². The summed E-state index contributed by atoms with van der Waals surface area (Å²) in [5.41, 5.74) is -0.300. The second-order valence-corrected chi connectivity index (χ2v) is 8.07. The van der Waals surface area contributed by atoms with Gasteiger partial charge in [0.15, 0.2) is 0 Å². The number of halogens is 2. The maximum absolute atomic E-state index is 12.1. The van der Waals surface area contributed by atoms with E-state index >= 15 is 0 Å². The van der Waals surface area contributed by atoms with Gasteiger partial charge in [0, 0.05) is 17.6 Å². The highest BCUT2D eigenvalue weighted by Gasteiger charge is 2.22. The van der Waals surface area contributed by atoms with Crippen LogP contribution in [0.4, 0.5) is 0 Å². The van der Waals surface area contributed by atoms with E-state index in [-0.39, 0.29) is 23.5 Å². The van der Waals surface area contributed by atoms with E-state index in [0.717, 1.165) is 0 Å². The number of nitrogens with one attached hydrogen (secondary N) is 1. The Balaban J connectivity index is 2.84. The van der Waals surface area contributed by atoms with Crippen molar-refractivity contribution in [1.82, 2.24) is 4.72 Å². The molecule has 0 aromatic heterocycles. The van der Waals surface area contributed by atoms with Crippen LogP contribution in [0.25, 0.3) is 0 Å². The fourth-order valence-electron chi connectivity index (χ4n) is 1.41. The molecule has 19 heavy (non-hydrogen) atoms. The van der Waals surface area contributed by atoms with Crippen LogP contribution in [0.15, 0.2) is 27.6 Å². The number of sulfonamides is 1. The van der Waals surface area contributed by atoms with Crippen molar-refractivity contribution in [2.75, 3.05) is 13.2 Å². The molecule has 2 N–H and O–H groups in total. The van der Waals surface area contributed by atoms with Crippen LogP contribution >= 0.6 is 27.5 Å². The fourth-order valence-corrected chi connectivity index (χ4v) is 3.32. The Morgan fingerprint density at radius 1 is 1.42 bits per heavy atom. The van der Waals surface area contributed by atoms with Crippen molar-refractivity contribution in [2.45, 2.75) is 25.2 Å². The van der Waals surface area contributed by atoms with Crippen molar-refractivity contribution in [3.63, 3.8) is 0 Å². The molecule has 0 heterocycles. The molecular formula is C12H17BrClNO3S. The van der Waals surface area contributed by atoms with Gasteiger partial charge in [0.05, 0.1) is 9.92 Å². The summed E-state index contributed by atoms with van der Waals surface area (Å²) in [5.74, 6) is 0. The van der Waals surface area contributed by atoms with E-state index < -0.39 is 10.0 Å². The van der Waals surface area contributed by atoms with Crippen LogP contribution in [0.1, 0.15) is 20.3 Å². The first-order valence-corrected chi connectivity index (χ1v) is 8.39. The van der Waals surface area contributed by atoms with E-state index in [2.05, 4.69) is 20.7 Å². The quantitative estimate of drug-likeness (QED) is 0.809. The first-order chi connectivity index (χ1) is 8.68. The average molecular weight is 371 g/mol. The number of hydrogen-bond acceptors (Lipinski definition) is 3. The van der Waals surface area contributed by atoms with Crippen molar-refractivity contribution in [2.24, 2.45) is 5.41 Å². The van der Waals surface area contributed by atoms with Crippen molar-refractivity contribution >= 4 is 37.6 Å². The van der Waals surface area contributed by atoms with Crippen LogP contribution in [0, 0.1) is 5.41 Å². The van der Waals surface area contributed by atoms with Gasteiger partial charge in [-0.2, -0.15) is 0 Å². The Labute approximate surface area is 127 Å². The van der Waals surface area contributed by atoms with Gasteiger partial charge in [0.25, 0.3) is 0 Å². The van der Waals surface area contributed by atoms with E-state index in [0.29, 0.717) is 15.9 Å². The van der Waals surface area contributed by atoms with Gasteiger partial charge in [0.2, 0.25) is 10.0 Å². The number of aliphatic hydroxyl groups excluding tert-OH is 1. The molecule has 0 aliphatic rings. The van der Waals surface area contributed by atoms with Crippen molar-refractivity contribution in [1.29, 1.82) is 0 Å². The molecule has 0 aliphatic heterocycles. The molecule has 0 radical (unpaired) electrons. The van der Waals surface area contributed by atoms with Gasteiger partial charge in [-0.25, -0.2) is 13.1 Å². The lowest BCUT2D eigenvalue weighted by molar-refractivity contribution is 0.213. The summed E-state index contributed by atoms with van der Waals surface area (Å²) >= 11 is 9.03. The lowest BCUT2D eigenvalue weighted by atomic mass is 9.90. The summed E-state index contributed by atoms with van der Waals surface area (Å²) in [6, 6.07) is 4.44. The monoisotopic (exact) mass is 369 g/mol. The zero-order valence-electron chi connectivity index (χ0n) is 10.8. The summed E-state index contributed by atoms with van der Waals surface area (Å²) in [7, 11) is -3.57. The maximum Gasteiger partial charge on any atom is 0.240 e. The minimum absolute atomic E-state index is 0.0290. The van der Waals surface area contributed by atoms with Crippen LogP contribution in [0.2, 0.25) is 5.02 Å². The molecule has 1 aromatic carbocycles. The molecule has 1 rings (SSSR count). The molecule has 108 valence electrons. The Bertz CT molecular complexity index is 546. The minimum atomic E-state index is -3.57. The Morgan fingerprint density at radius 2 is 2.05 bits per heavy atom. The van der Waals surface area contributed by atoms with Crippen molar-refractivity contribution in [3.8, 4) is 0 Å². The summed E-state index contributed by atoms with van der Waals surface area (Å²) in [5, 5.41) is 9.38. The first kappa shape index (κ1) is 16.9. The van der Waals surface area contributed by atoms with Crippen LogP contribution in [0.3, 0.4) is 0 Å². The molecule has 0 unspecified atom stereocenters. The van der Waals surface area contributed by atoms with Crippen LogP contribution < -0.4 is 4.72 Å². The maximum atomic E-state index is 12.1. The first-order valence-electron chi connectivity index (χ1n) is 5.73. The standard InChI is InChI=1S/C12H17BrClNO3S/c1-12(2,5-6-16)8-15-19(17,18)9-3-4-11(14)10(13)7-9/h3-4,7,15-16H,5-6,8H2,1-2H3. The third-order valence-corrected chi connectivity index (χ3v) is 5.34. The summed E-state index contributed by atoms with van der Waals surface area (Å²) < 4.78 is 27.3. The molecule has 4 nitrogen and oxygen atoms in total. The lowest BCUT2D eigenvalue weighted by Crippen LogP contribution is -2.34. The molecule has 0 atom stereocenters. The molecule has 0 spiro atoms. The Hall–Kier alpha value is -0.140. The Kier molecular flexibility index (Phi) is 5.82. The van der Waals surface area contributed by atoms with Gasteiger partial charge in [-0.3, -0.25) is 0 Å².